The van der Waals surface area contributed by atoms with Crippen molar-refractivity contribution < 1.29 is 0 Å². The quantitative estimate of drug-likeness (QED) is 0.328. The monoisotopic (exact) mass is 363 g/mol. The Hall–Kier alpha value is -3.77. The second-order valence-corrected chi connectivity index (χ2v) is 6.58. The summed E-state index contributed by atoms with van der Waals surface area (Å²) in [5, 5.41) is 0. The second kappa shape index (κ2) is 7.85. The Morgan fingerprint density at radius 2 is 1.21 bits per heavy atom. The maximum atomic E-state index is 5.35. The molecule has 0 fully saturated rings. The first-order valence-corrected chi connectivity index (χ1v) is 9.24. The third-order valence-electron chi connectivity index (χ3n) is 4.97. The average molecular weight is 363 g/mol. The Labute approximate surface area is 165 Å². The third kappa shape index (κ3) is 3.06. The lowest BCUT2D eigenvalue weighted by atomic mass is 9.77. The fraction of sp³-hybridized carbons (Fsp3) is 0.0800. The standard InChI is InChI=1S/C25H21N3/c26-18-10-17-24-19-28(20-27-24)25(21-11-4-1-5-12-21,22-13-6-2-7-14-22)23-15-8-3-9-16-23/h1-9,11-16,19-20H,17,26H2. The van der Waals surface area contributed by atoms with Crippen molar-refractivity contribution in [2.45, 2.75) is 12.0 Å². The Kier molecular flexibility index (Phi) is 4.95. The van der Waals surface area contributed by atoms with E-state index in [0.29, 0.717) is 6.42 Å². The lowest BCUT2D eigenvalue weighted by Crippen LogP contribution is -2.36. The smallest absolute Gasteiger partial charge is 0.121 e. The van der Waals surface area contributed by atoms with Gasteiger partial charge in [-0.25, -0.2) is 4.98 Å². The van der Waals surface area contributed by atoms with Gasteiger partial charge in [0.05, 0.1) is 18.4 Å². The second-order valence-electron chi connectivity index (χ2n) is 6.58. The maximum Gasteiger partial charge on any atom is 0.121 e. The molecule has 3 heteroatoms. The molecule has 0 spiro atoms. The number of nitrogens with zero attached hydrogens (tertiary/aromatic N) is 2. The van der Waals surface area contributed by atoms with E-state index in [1.165, 1.54) is 16.7 Å². The zero-order valence-corrected chi connectivity index (χ0v) is 15.5. The summed E-state index contributed by atoms with van der Waals surface area (Å²) in [4.78, 5) is 4.60. The van der Waals surface area contributed by atoms with E-state index in [1.54, 1.807) is 0 Å². The lowest BCUT2D eigenvalue weighted by molar-refractivity contribution is 0.514. The summed E-state index contributed by atoms with van der Waals surface area (Å²) in [5.74, 6) is 2.90. The molecule has 0 radical (unpaired) electrons. The summed E-state index contributed by atoms with van der Waals surface area (Å²) in [5.41, 5.74) is 9.21. The minimum atomic E-state index is -0.537. The molecule has 0 aliphatic heterocycles. The summed E-state index contributed by atoms with van der Waals surface area (Å²) < 4.78 is 2.18. The highest BCUT2D eigenvalue weighted by Crippen LogP contribution is 2.40. The topological polar surface area (TPSA) is 43.8 Å². The molecular formula is C25H21N3. The van der Waals surface area contributed by atoms with Gasteiger partial charge in [-0.1, -0.05) is 96.9 Å². The maximum absolute atomic E-state index is 5.35. The van der Waals surface area contributed by atoms with E-state index in [-0.39, 0.29) is 0 Å². The molecule has 0 amide bonds. The van der Waals surface area contributed by atoms with Crippen LogP contribution in [-0.4, -0.2) is 9.55 Å². The molecule has 0 aliphatic carbocycles. The summed E-state index contributed by atoms with van der Waals surface area (Å²) >= 11 is 0. The van der Waals surface area contributed by atoms with Gasteiger partial charge in [-0.15, -0.1) is 0 Å². The molecule has 0 saturated carbocycles. The molecule has 1 aromatic heterocycles. The van der Waals surface area contributed by atoms with E-state index < -0.39 is 5.54 Å². The molecule has 28 heavy (non-hydrogen) atoms. The molecule has 2 N–H and O–H groups in total. The number of benzene rings is 3. The zero-order valence-electron chi connectivity index (χ0n) is 15.5. The van der Waals surface area contributed by atoms with Crippen LogP contribution >= 0.6 is 0 Å². The summed E-state index contributed by atoms with van der Waals surface area (Å²) in [7, 11) is 0. The molecule has 0 atom stereocenters. The van der Waals surface area contributed by atoms with Gasteiger partial charge in [-0.2, -0.15) is 0 Å². The largest absolute Gasteiger partial charge is 0.359 e. The van der Waals surface area contributed by atoms with Crippen LogP contribution in [0.15, 0.2) is 104 Å². The van der Waals surface area contributed by atoms with Gasteiger partial charge in [0.15, 0.2) is 0 Å². The summed E-state index contributed by atoms with van der Waals surface area (Å²) in [6.45, 7) is 0. The van der Waals surface area contributed by atoms with E-state index in [4.69, 9.17) is 5.73 Å². The lowest BCUT2D eigenvalue weighted by Gasteiger charge is -2.37. The number of imidazole rings is 1. The van der Waals surface area contributed by atoms with Gasteiger partial charge in [0, 0.05) is 12.2 Å². The molecule has 4 aromatic rings. The summed E-state index contributed by atoms with van der Waals surface area (Å²) in [6, 6.07) is 34.0. The van der Waals surface area contributed by atoms with Crippen LogP contribution in [0.4, 0.5) is 0 Å². The molecule has 136 valence electrons. The molecule has 0 aliphatic rings. The van der Waals surface area contributed by atoms with Crippen molar-refractivity contribution in [2.24, 2.45) is 5.73 Å². The van der Waals surface area contributed by atoms with Gasteiger partial charge >= 0.3 is 0 Å². The van der Waals surface area contributed by atoms with Crippen molar-refractivity contribution in [1.82, 2.24) is 9.55 Å². The Bertz CT molecular complexity index is 991. The van der Waals surface area contributed by atoms with Crippen LogP contribution in [0.5, 0.6) is 0 Å². The highest BCUT2D eigenvalue weighted by atomic mass is 15.1. The van der Waals surface area contributed by atoms with Gasteiger partial charge < -0.3 is 10.3 Å². The minimum Gasteiger partial charge on any atom is -0.359 e. The number of rotatable bonds is 5. The normalized spacial score (nSPS) is 10.9. The SMILES string of the molecule is NC#CCc1cn(C(c2ccccc2)(c2ccccc2)c2ccccc2)cn1. The van der Waals surface area contributed by atoms with Crippen molar-refractivity contribution in [1.29, 1.82) is 0 Å². The number of aromatic nitrogens is 2. The van der Waals surface area contributed by atoms with Crippen LogP contribution < -0.4 is 5.73 Å². The fourth-order valence-electron chi connectivity index (χ4n) is 3.77. The number of hydrogen-bond acceptors (Lipinski definition) is 2. The van der Waals surface area contributed by atoms with Gasteiger partial charge in [-0.3, -0.25) is 0 Å². The van der Waals surface area contributed by atoms with Crippen molar-refractivity contribution in [2.75, 3.05) is 0 Å². The Morgan fingerprint density at radius 3 is 1.64 bits per heavy atom. The summed E-state index contributed by atoms with van der Waals surface area (Å²) in [6.07, 6.45) is 4.48. The molecule has 1 heterocycles. The molecule has 0 saturated heterocycles. The highest BCUT2D eigenvalue weighted by Gasteiger charge is 2.38. The van der Waals surface area contributed by atoms with E-state index in [0.717, 1.165) is 5.69 Å². The molecule has 3 nitrogen and oxygen atoms in total. The van der Waals surface area contributed by atoms with Crippen molar-refractivity contribution in [3.63, 3.8) is 0 Å². The first kappa shape index (κ1) is 17.6. The first-order chi connectivity index (χ1) is 13.9. The van der Waals surface area contributed by atoms with Gasteiger partial charge in [0.1, 0.15) is 5.54 Å². The minimum absolute atomic E-state index is 0.526. The van der Waals surface area contributed by atoms with Gasteiger partial charge in [-0.05, 0) is 16.7 Å². The zero-order chi connectivity index (χ0) is 19.2. The average Bonchev–Trinajstić information content (AvgIpc) is 3.24. The van der Waals surface area contributed by atoms with Gasteiger partial charge in [0.25, 0.3) is 0 Å². The van der Waals surface area contributed by atoms with E-state index in [1.807, 2.05) is 24.5 Å². The number of hydrogen-bond donors (Lipinski definition) is 1. The third-order valence-corrected chi connectivity index (χ3v) is 4.97. The van der Waals surface area contributed by atoms with Crippen LogP contribution in [-0.2, 0) is 12.0 Å². The fourth-order valence-corrected chi connectivity index (χ4v) is 3.77. The van der Waals surface area contributed by atoms with Crippen molar-refractivity contribution in [3.8, 4) is 12.0 Å². The Morgan fingerprint density at radius 1 is 0.750 bits per heavy atom. The van der Waals surface area contributed by atoms with Crippen LogP contribution in [0.3, 0.4) is 0 Å². The van der Waals surface area contributed by atoms with Crippen LogP contribution in [0, 0.1) is 12.0 Å². The first-order valence-electron chi connectivity index (χ1n) is 9.24. The molecule has 4 rings (SSSR count). The number of nitrogens with two attached hydrogens (primary N) is 1. The highest BCUT2D eigenvalue weighted by molar-refractivity contribution is 5.50. The predicted octanol–water partition coefficient (Wildman–Crippen LogP) is 4.19. The van der Waals surface area contributed by atoms with Crippen molar-refractivity contribution >= 4 is 0 Å². The molecule has 3 aromatic carbocycles. The predicted molar refractivity (Wildman–Crippen MR) is 113 cm³/mol. The Balaban J connectivity index is 2.04. The van der Waals surface area contributed by atoms with E-state index >= 15 is 0 Å². The van der Waals surface area contributed by atoms with E-state index in [2.05, 4.69) is 101 Å². The van der Waals surface area contributed by atoms with Crippen LogP contribution in [0.25, 0.3) is 0 Å². The molecule has 0 bridgehead atoms. The van der Waals surface area contributed by atoms with Crippen molar-refractivity contribution in [3.05, 3.63) is 126 Å². The van der Waals surface area contributed by atoms with E-state index in [9.17, 15) is 0 Å². The van der Waals surface area contributed by atoms with Crippen LogP contribution in [0.2, 0.25) is 0 Å². The van der Waals surface area contributed by atoms with Crippen LogP contribution in [0.1, 0.15) is 22.4 Å². The molecular weight excluding hydrogens is 342 g/mol. The molecule has 0 unspecified atom stereocenters. The van der Waals surface area contributed by atoms with Gasteiger partial charge in [0.2, 0.25) is 0 Å².